The average Bonchev–Trinajstić information content (AvgIpc) is 3.20. The van der Waals surface area contributed by atoms with Gasteiger partial charge in [-0.3, -0.25) is 4.79 Å². The molecule has 0 fully saturated rings. The Morgan fingerprint density at radius 3 is 2.78 bits per heavy atom. The number of tetrazole rings is 1. The molecule has 0 spiro atoms. The lowest BCUT2D eigenvalue weighted by Gasteiger charge is -2.02. The Morgan fingerprint density at radius 1 is 1.30 bits per heavy atom. The maximum absolute atomic E-state index is 12.9. The number of nitrogens with zero attached hydrogens (tertiary/aromatic N) is 3. The normalized spacial score (nSPS) is 11.6. The first kappa shape index (κ1) is 14.6. The molecular formula is C15H11FN4O3. The highest BCUT2D eigenvalue weighted by atomic mass is 19.1. The fourth-order valence-corrected chi connectivity index (χ4v) is 2.03. The highest BCUT2D eigenvalue weighted by molar-refractivity contribution is 6.05. The molecule has 0 saturated carbocycles. The summed E-state index contributed by atoms with van der Waals surface area (Å²) in [5, 5.41) is 22.6. The van der Waals surface area contributed by atoms with Crippen LogP contribution in [0, 0.1) is 5.82 Å². The van der Waals surface area contributed by atoms with Crippen LogP contribution in [-0.4, -0.2) is 31.5 Å². The van der Waals surface area contributed by atoms with Crippen molar-refractivity contribution in [1.82, 2.24) is 20.6 Å². The number of aliphatic hydroxyl groups is 1. The van der Waals surface area contributed by atoms with Crippen LogP contribution in [0.3, 0.4) is 0 Å². The van der Waals surface area contributed by atoms with Crippen molar-refractivity contribution >= 4 is 11.5 Å². The molecule has 2 heterocycles. The Bertz CT molecular complexity index is 838. The zero-order valence-corrected chi connectivity index (χ0v) is 11.7. The molecule has 2 N–H and O–H groups in total. The standard InChI is InChI=1S/C15H11FN4O3/c16-10-3-1-9(2-4-10)7-14-11(5-6-23-14)12(21)8-13(22)15-17-19-20-18-15/h1-6,8,21H,7H2,(H,17,18,19,20). The molecule has 0 aliphatic heterocycles. The molecule has 0 radical (unpaired) electrons. The van der Waals surface area contributed by atoms with Gasteiger partial charge in [-0.1, -0.05) is 12.1 Å². The van der Waals surface area contributed by atoms with Gasteiger partial charge in [-0.25, -0.2) is 4.39 Å². The number of halogens is 1. The van der Waals surface area contributed by atoms with Gasteiger partial charge in [0.25, 0.3) is 0 Å². The van der Waals surface area contributed by atoms with Gasteiger partial charge in [0.05, 0.1) is 11.8 Å². The van der Waals surface area contributed by atoms with E-state index in [1.807, 2.05) is 0 Å². The molecule has 0 aliphatic rings. The quantitative estimate of drug-likeness (QED) is 0.425. The van der Waals surface area contributed by atoms with E-state index in [0.717, 1.165) is 11.6 Å². The van der Waals surface area contributed by atoms with Crippen molar-refractivity contribution in [2.75, 3.05) is 0 Å². The minimum Gasteiger partial charge on any atom is -0.507 e. The summed E-state index contributed by atoms with van der Waals surface area (Å²) < 4.78 is 18.3. The molecule has 3 rings (SSSR count). The van der Waals surface area contributed by atoms with Crippen LogP contribution in [0.1, 0.15) is 27.5 Å². The minimum atomic E-state index is -0.592. The number of nitrogens with one attached hydrogen (secondary N) is 1. The number of furan rings is 1. The summed E-state index contributed by atoms with van der Waals surface area (Å²) in [6, 6.07) is 7.45. The van der Waals surface area contributed by atoms with Gasteiger partial charge < -0.3 is 9.52 Å². The van der Waals surface area contributed by atoms with E-state index in [4.69, 9.17) is 4.42 Å². The zero-order chi connectivity index (χ0) is 16.2. The van der Waals surface area contributed by atoms with Crippen LogP contribution in [0.15, 0.2) is 47.1 Å². The minimum absolute atomic E-state index is 0.153. The maximum Gasteiger partial charge on any atom is 0.244 e. The monoisotopic (exact) mass is 314 g/mol. The van der Waals surface area contributed by atoms with Gasteiger partial charge in [-0.05, 0) is 29.0 Å². The van der Waals surface area contributed by atoms with E-state index >= 15 is 0 Å². The molecule has 23 heavy (non-hydrogen) atoms. The third-order valence-electron chi connectivity index (χ3n) is 3.13. The molecule has 0 amide bonds. The number of carbonyl (C=O) groups excluding carboxylic acids is 1. The lowest BCUT2D eigenvalue weighted by atomic mass is 10.1. The number of hydrogen-bond acceptors (Lipinski definition) is 6. The summed E-state index contributed by atoms with van der Waals surface area (Å²) >= 11 is 0. The Balaban J connectivity index is 1.82. The van der Waals surface area contributed by atoms with Gasteiger partial charge in [0.2, 0.25) is 11.6 Å². The number of allylic oxidation sites excluding steroid dienone is 1. The highest BCUT2D eigenvalue weighted by Crippen LogP contribution is 2.22. The van der Waals surface area contributed by atoms with Crippen molar-refractivity contribution in [2.24, 2.45) is 0 Å². The molecule has 116 valence electrons. The lowest BCUT2D eigenvalue weighted by molar-refractivity contribution is 0.103. The van der Waals surface area contributed by atoms with E-state index in [9.17, 15) is 14.3 Å². The number of aromatic nitrogens is 4. The van der Waals surface area contributed by atoms with Crippen LogP contribution >= 0.6 is 0 Å². The predicted octanol–water partition coefficient (Wildman–Crippen LogP) is 2.30. The number of aromatic amines is 1. The molecule has 0 atom stereocenters. The Kier molecular flexibility index (Phi) is 3.96. The Morgan fingerprint density at radius 2 is 2.09 bits per heavy atom. The number of aliphatic hydroxyl groups excluding tert-OH is 1. The van der Waals surface area contributed by atoms with Crippen molar-refractivity contribution < 1.29 is 18.7 Å². The molecular weight excluding hydrogens is 303 g/mol. The van der Waals surface area contributed by atoms with Gasteiger partial charge in [0.15, 0.2) is 0 Å². The number of hydrogen-bond donors (Lipinski definition) is 2. The summed E-state index contributed by atoms with van der Waals surface area (Å²) in [6.45, 7) is 0. The van der Waals surface area contributed by atoms with Gasteiger partial charge in [0, 0.05) is 12.5 Å². The fraction of sp³-hybridized carbons (Fsp3) is 0.0667. The van der Waals surface area contributed by atoms with Gasteiger partial charge in [0.1, 0.15) is 17.3 Å². The number of rotatable bonds is 5. The van der Waals surface area contributed by atoms with Crippen LogP contribution in [0.2, 0.25) is 0 Å². The second-order valence-electron chi connectivity index (χ2n) is 4.69. The molecule has 0 unspecified atom stereocenters. The zero-order valence-electron chi connectivity index (χ0n) is 11.7. The van der Waals surface area contributed by atoms with Gasteiger partial charge >= 0.3 is 0 Å². The van der Waals surface area contributed by atoms with Crippen molar-refractivity contribution in [3.05, 3.63) is 71.2 Å². The third kappa shape index (κ3) is 3.31. The number of carbonyl (C=O) groups is 1. The fourth-order valence-electron chi connectivity index (χ4n) is 2.03. The van der Waals surface area contributed by atoms with Crippen molar-refractivity contribution in [2.45, 2.75) is 6.42 Å². The molecule has 2 aromatic heterocycles. The first-order chi connectivity index (χ1) is 11.1. The van der Waals surface area contributed by atoms with Crippen LogP contribution in [-0.2, 0) is 6.42 Å². The smallest absolute Gasteiger partial charge is 0.244 e. The average molecular weight is 314 g/mol. The van der Waals surface area contributed by atoms with E-state index in [1.54, 1.807) is 12.1 Å². The summed E-state index contributed by atoms with van der Waals surface area (Å²) in [7, 11) is 0. The van der Waals surface area contributed by atoms with Crippen molar-refractivity contribution in [3.63, 3.8) is 0 Å². The molecule has 0 aliphatic carbocycles. The van der Waals surface area contributed by atoms with E-state index < -0.39 is 5.78 Å². The largest absolute Gasteiger partial charge is 0.507 e. The number of benzene rings is 1. The van der Waals surface area contributed by atoms with Crippen molar-refractivity contribution in [3.8, 4) is 0 Å². The van der Waals surface area contributed by atoms with Gasteiger partial charge in [-0.15, -0.1) is 10.2 Å². The lowest BCUT2D eigenvalue weighted by Crippen LogP contribution is -2.00. The molecule has 0 saturated heterocycles. The second-order valence-corrected chi connectivity index (χ2v) is 4.69. The third-order valence-corrected chi connectivity index (χ3v) is 3.13. The second kappa shape index (κ2) is 6.22. The van der Waals surface area contributed by atoms with Gasteiger partial charge in [-0.2, -0.15) is 5.21 Å². The topological polar surface area (TPSA) is 105 Å². The number of ketones is 1. The summed E-state index contributed by atoms with van der Waals surface area (Å²) in [4.78, 5) is 11.8. The van der Waals surface area contributed by atoms with Crippen LogP contribution in [0.25, 0.3) is 5.76 Å². The van der Waals surface area contributed by atoms with Crippen LogP contribution < -0.4 is 0 Å². The predicted molar refractivity (Wildman–Crippen MR) is 77.0 cm³/mol. The summed E-state index contributed by atoms with van der Waals surface area (Å²) in [5.74, 6) is -0.899. The molecule has 1 aromatic carbocycles. The van der Waals surface area contributed by atoms with Crippen molar-refractivity contribution in [1.29, 1.82) is 0 Å². The van der Waals surface area contributed by atoms with E-state index in [-0.39, 0.29) is 17.4 Å². The first-order valence-corrected chi connectivity index (χ1v) is 6.63. The Hall–Kier alpha value is -3.29. The van der Waals surface area contributed by atoms with Crippen LogP contribution in [0.4, 0.5) is 4.39 Å². The van der Waals surface area contributed by atoms with E-state index in [2.05, 4.69) is 20.6 Å². The maximum atomic E-state index is 12.9. The van der Waals surface area contributed by atoms with E-state index in [1.165, 1.54) is 24.5 Å². The van der Waals surface area contributed by atoms with E-state index in [0.29, 0.717) is 17.7 Å². The number of H-pyrrole nitrogens is 1. The SMILES string of the molecule is O=C(C=C(O)c1ccoc1Cc1ccc(F)cc1)c1nn[nH]n1. The highest BCUT2D eigenvalue weighted by Gasteiger charge is 2.15. The summed E-state index contributed by atoms with van der Waals surface area (Å²) in [5.41, 5.74) is 1.17. The first-order valence-electron chi connectivity index (χ1n) is 6.63. The molecule has 0 bridgehead atoms. The summed E-state index contributed by atoms with van der Waals surface area (Å²) in [6.07, 6.45) is 2.73. The molecule has 8 heteroatoms. The van der Waals surface area contributed by atoms with Crippen LogP contribution in [0.5, 0.6) is 0 Å². The molecule has 3 aromatic rings. The Labute approximate surface area is 129 Å². The molecule has 7 nitrogen and oxygen atoms in total.